The van der Waals surface area contributed by atoms with Gasteiger partial charge in [0.05, 0.1) is 5.39 Å². The van der Waals surface area contributed by atoms with E-state index in [1.165, 1.54) is 6.07 Å². The molecular weight excluding hydrogens is 350 g/mol. The van der Waals surface area contributed by atoms with Gasteiger partial charge < -0.3 is 10.8 Å². The van der Waals surface area contributed by atoms with Gasteiger partial charge in [0, 0.05) is 23.0 Å². The minimum absolute atomic E-state index is 0.231. The Morgan fingerprint density at radius 3 is 2.75 bits per heavy atom. The van der Waals surface area contributed by atoms with E-state index < -0.39 is 6.10 Å². The van der Waals surface area contributed by atoms with E-state index in [0.29, 0.717) is 33.7 Å². The summed E-state index contributed by atoms with van der Waals surface area (Å²) in [5.41, 5.74) is 12.1. The van der Waals surface area contributed by atoms with E-state index in [4.69, 9.17) is 5.73 Å². The lowest BCUT2D eigenvalue weighted by molar-refractivity contribution is 0.218. The van der Waals surface area contributed by atoms with Crippen LogP contribution in [0.4, 0.5) is 5.82 Å². The molecule has 3 aromatic rings. The molecule has 0 saturated heterocycles. The number of rotatable bonds is 3. The zero-order valence-corrected chi connectivity index (χ0v) is 15.3. The molecule has 0 aliphatic heterocycles. The smallest absolute Gasteiger partial charge is 0.193 e. The summed E-state index contributed by atoms with van der Waals surface area (Å²) in [4.78, 5) is 17.3. The first kappa shape index (κ1) is 17.7. The van der Waals surface area contributed by atoms with Crippen molar-refractivity contribution in [2.24, 2.45) is 0 Å². The lowest BCUT2D eigenvalue weighted by atomic mass is 9.98. The van der Waals surface area contributed by atoms with Crippen molar-refractivity contribution in [3.8, 4) is 5.69 Å². The Hall–Kier alpha value is -3.66. The Bertz CT molecular complexity index is 1240. The first-order valence-electron chi connectivity index (χ1n) is 8.92. The van der Waals surface area contributed by atoms with Gasteiger partial charge in [-0.1, -0.05) is 36.4 Å². The zero-order chi connectivity index (χ0) is 19.7. The van der Waals surface area contributed by atoms with Crippen LogP contribution in [-0.2, 0) is 0 Å². The second kappa shape index (κ2) is 7.16. The highest BCUT2D eigenvalue weighted by atomic mass is 16.3. The Balaban J connectivity index is 1.95. The largest absolute Gasteiger partial charge is 0.385 e. The number of hydrogen-bond acceptors (Lipinski definition) is 4. The van der Waals surface area contributed by atoms with E-state index >= 15 is 0 Å². The fraction of sp³-hybridized carbons (Fsp3) is 0.0870. The van der Waals surface area contributed by atoms with Crippen LogP contribution >= 0.6 is 0 Å². The van der Waals surface area contributed by atoms with Crippen LogP contribution in [0.25, 0.3) is 16.7 Å². The number of benzene rings is 1. The summed E-state index contributed by atoms with van der Waals surface area (Å²) in [5, 5.41) is 11.3. The van der Waals surface area contributed by atoms with Crippen LogP contribution in [0, 0.1) is 6.92 Å². The molecule has 1 atom stereocenters. The number of hydrogen-bond donors (Lipinski definition) is 2. The monoisotopic (exact) mass is 369 g/mol. The number of aromatic nitrogens is 2. The van der Waals surface area contributed by atoms with Crippen molar-refractivity contribution >= 4 is 16.9 Å². The third kappa shape index (κ3) is 3.09. The van der Waals surface area contributed by atoms with E-state index in [2.05, 4.69) is 10.7 Å². The van der Waals surface area contributed by atoms with Crippen LogP contribution in [0.3, 0.4) is 0 Å². The molecule has 1 aliphatic carbocycles. The molecule has 0 bridgehead atoms. The Morgan fingerprint density at radius 1 is 1.18 bits per heavy atom. The number of aryl methyl sites for hydroxylation is 1. The van der Waals surface area contributed by atoms with Crippen molar-refractivity contribution < 1.29 is 5.11 Å². The van der Waals surface area contributed by atoms with Gasteiger partial charge in [-0.25, -0.2) is 4.98 Å². The molecule has 1 aromatic carbocycles. The van der Waals surface area contributed by atoms with Gasteiger partial charge in [0.2, 0.25) is 0 Å². The molecule has 28 heavy (non-hydrogen) atoms. The van der Waals surface area contributed by atoms with Crippen LogP contribution in [-0.4, -0.2) is 14.7 Å². The molecule has 0 radical (unpaired) electrons. The summed E-state index contributed by atoms with van der Waals surface area (Å²) < 4.78 is 1.75. The number of anilines is 1. The quantitative estimate of drug-likeness (QED) is 0.692. The fourth-order valence-corrected chi connectivity index (χ4v) is 3.30. The number of para-hydroxylation sites is 1. The SMILES string of the molecule is Cc1nc2c(cc1C(O)C1=CC=CC=C=C1)c(=O)cc(N)n2-c1ccccc1. The van der Waals surface area contributed by atoms with Crippen molar-refractivity contribution in [2.45, 2.75) is 13.0 Å². The van der Waals surface area contributed by atoms with E-state index in [0.717, 1.165) is 5.69 Å². The van der Waals surface area contributed by atoms with Gasteiger partial charge in [-0.05, 0) is 42.8 Å². The molecule has 0 fully saturated rings. The summed E-state index contributed by atoms with van der Waals surface area (Å²) >= 11 is 0. The van der Waals surface area contributed by atoms with Gasteiger partial charge in [-0.15, -0.1) is 5.73 Å². The maximum atomic E-state index is 12.6. The second-order valence-electron chi connectivity index (χ2n) is 6.57. The zero-order valence-electron chi connectivity index (χ0n) is 15.3. The van der Waals surface area contributed by atoms with E-state index in [1.54, 1.807) is 22.8 Å². The number of aliphatic hydroxyl groups excluding tert-OH is 1. The van der Waals surface area contributed by atoms with Crippen molar-refractivity contribution in [3.63, 3.8) is 0 Å². The van der Waals surface area contributed by atoms with Gasteiger partial charge >= 0.3 is 0 Å². The van der Waals surface area contributed by atoms with Gasteiger partial charge in [-0.2, -0.15) is 0 Å². The van der Waals surface area contributed by atoms with E-state index in [-0.39, 0.29) is 5.43 Å². The lowest BCUT2D eigenvalue weighted by Crippen LogP contribution is -2.15. The van der Waals surface area contributed by atoms with Gasteiger partial charge in [-0.3, -0.25) is 9.36 Å². The first-order chi connectivity index (χ1) is 13.6. The highest BCUT2D eigenvalue weighted by Crippen LogP contribution is 2.28. The van der Waals surface area contributed by atoms with Crippen LogP contribution in [0.5, 0.6) is 0 Å². The number of nitrogens with two attached hydrogens (primary N) is 1. The molecule has 5 nitrogen and oxygen atoms in total. The van der Waals surface area contributed by atoms with Gasteiger partial charge in [0.25, 0.3) is 0 Å². The van der Waals surface area contributed by atoms with E-state index in [1.807, 2.05) is 55.5 Å². The second-order valence-corrected chi connectivity index (χ2v) is 6.57. The molecule has 0 spiro atoms. The molecule has 2 aromatic heterocycles. The minimum Gasteiger partial charge on any atom is -0.385 e. The maximum absolute atomic E-state index is 12.6. The number of aliphatic hydroxyl groups is 1. The number of allylic oxidation sites excluding steroid dienone is 3. The average molecular weight is 369 g/mol. The van der Waals surface area contributed by atoms with Crippen molar-refractivity contribution in [3.05, 3.63) is 106 Å². The number of nitrogen functional groups attached to an aromatic ring is 1. The van der Waals surface area contributed by atoms with Gasteiger partial charge in [0.15, 0.2) is 5.43 Å². The van der Waals surface area contributed by atoms with Crippen molar-refractivity contribution in [2.75, 3.05) is 5.73 Å². The summed E-state index contributed by atoms with van der Waals surface area (Å²) in [7, 11) is 0. The molecule has 3 N–H and O–H groups in total. The molecule has 0 amide bonds. The Kier molecular flexibility index (Phi) is 4.53. The summed E-state index contributed by atoms with van der Waals surface area (Å²) in [5.74, 6) is 0.314. The fourth-order valence-electron chi connectivity index (χ4n) is 3.30. The van der Waals surface area contributed by atoms with Crippen LogP contribution in [0.1, 0.15) is 17.4 Å². The Labute approximate surface area is 162 Å². The van der Waals surface area contributed by atoms with Crippen LogP contribution in [0.2, 0.25) is 0 Å². The number of fused-ring (bicyclic) bond motifs is 1. The third-order valence-electron chi connectivity index (χ3n) is 4.71. The lowest BCUT2D eigenvalue weighted by Gasteiger charge is -2.18. The van der Waals surface area contributed by atoms with E-state index in [9.17, 15) is 9.90 Å². The molecule has 5 heteroatoms. The summed E-state index contributed by atoms with van der Waals surface area (Å²) in [6.45, 7) is 1.81. The summed E-state index contributed by atoms with van der Waals surface area (Å²) in [6.07, 6.45) is 8.06. The number of pyridine rings is 2. The first-order valence-corrected chi connectivity index (χ1v) is 8.92. The predicted molar refractivity (Wildman–Crippen MR) is 111 cm³/mol. The molecule has 4 rings (SSSR count). The molecule has 1 aliphatic rings. The van der Waals surface area contributed by atoms with Crippen molar-refractivity contribution in [1.82, 2.24) is 9.55 Å². The predicted octanol–water partition coefficient (Wildman–Crippen LogP) is 3.52. The topological polar surface area (TPSA) is 81.1 Å². The standard InChI is InChI=1S/C23H19N3O2/c1-15-18(22(28)16-9-5-2-3-6-10-16)13-19-20(27)14-21(24)26(23(19)25-15)17-11-7-4-8-12-17/h2-5,7-14,22,28H,24H2,1H3. The molecule has 1 unspecified atom stereocenters. The highest BCUT2D eigenvalue weighted by Gasteiger charge is 2.19. The Morgan fingerprint density at radius 2 is 1.96 bits per heavy atom. The van der Waals surface area contributed by atoms with Crippen LogP contribution in [0.15, 0.2) is 88.9 Å². The maximum Gasteiger partial charge on any atom is 0.193 e. The molecular formula is C23H19N3O2. The average Bonchev–Trinajstić information content (AvgIpc) is 2.97. The van der Waals surface area contributed by atoms with Gasteiger partial charge in [0.1, 0.15) is 17.6 Å². The third-order valence-corrected chi connectivity index (χ3v) is 4.71. The molecule has 0 saturated carbocycles. The molecule has 2 heterocycles. The van der Waals surface area contributed by atoms with Crippen LogP contribution < -0.4 is 11.2 Å². The molecule has 138 valence electrons. The highest BCUT2D eigenvalue weighted by molar-refractivity contribution is 5.80. The summed E-state index contributed by atoms with van der Waals surface area (Å²) in [6, 6.07) is 12.6. The normalized spacial score (nSPS) is 14.1. The number of nitrogens with zero attached hydrogens (tertiary/aromatic N) is 2. The minimum atomic E-state index is -0.914. The van der Waals surface area contributed by atoms with Crippen molar-refractivity contribution in [1.29, 1.82) is 0 Å².